The number of hydrogen-bond donors (Lipinski definition) is 0. The van der Waals surface area contributed by atoms with Crippen LogP contribution in [0.4, 0.5) is 5.69 Å². The number of pyridine rings is 1. The Hall–Kier alpha value is -3.08. The van der Waals surface area contributed by atoms with Crippen LogP contribution in [-0.4, -0.2) is 24.1 Å². The van der Waals surface area contributed by atoms with Gasteiger partial charge < -0.3 is 14.2 Å². The summed E-state index contributed by atoms with van der Waals surface area (Å²) in [7, 11) is 3.49. The lowest BCUT2D eigenvalue weighted by Gasteiger charge is -2.26. The molecule has 0 bridgehead atoms. The molecule has 0 spiro atoms. The van der Waals surface area contributed by atoms with E-state index in [1.54, 1.807) is 23.6 Å². The average Bonchev–Trinajstić information content (AvgIpc) is 2.61. The zero-order valence-corrected chi connectivity index (χ0v) is 13.4. The highest BCUT2D eigenvalue weighted by atomic mass is 16.5. The quantitative estimate of drug-likeness (QED) is 0.692. The monoisotopic (exact) mass is 320 g/mol. The van der Waals surface area contributed by atoms with E-state index in [2.05, 4.69) is 0 Å². The number of benzene rings is 2. The normalized spacial score (nSPS) is 13.8. The van der Waals surface area contributed by atoms with Crippen LogP contribution in [0.15, 0.2) is 53.5 Å². The molecule has 1 aliphatic rings. The van der Waals surface area contributed by atoms with E-state index in [4.69, 9.17) is 4.74 Å². The van der Waals surface area contributed by atoms with Gasteiger partial charge in [-0.05, 0) is 29.1 Å². The van der Waals surface area contributed by atoms with Gasteiger partial charge in [-0.15, -0.1) is 0 Å². The molecule has 2 heterocycles. The summed E-state index contributed by atoms with van der Waals surface area (Å²) in [5.41, 5.74) is 2.59. The molecule has 1 aliphatic heterocycles. The topological polar surface area (TPSA) is 51.5 Å². The van der Waals surface area contributed by atoms with Crippen molar-refractivity contribution in [3.8, 4) is 16.9 Å². The second kappa shape index (κ2) is 5.23. The van der Waals surface area contributed by atoms with Crippen LogP contribution in [0, 0.1) is 0 Å². The summed E-state index contributed by atoms with van der Waals surface area (Å²) in [6.45, 7) is 0.0611. The predicted octanol–water partition coefficient (Wildman–Crippen LogP) is 2.56. The number of fused-ring (bicyclic) bond motifs is 2. The lowest BCUT2D eigenvalue weighted by atomic mass is 9.99. The molecule has 5 heteroatoms. The molecule has 5 nitrogen and oxygen atoms in total. The van der Waals surface area contributed by atoms with Crippen LogP contribution in [0.5, 0.6) is 5.75 Å². The van der Waals surface area contributed by atoms with Crippen molar-refractivity contribution in [3.05, 3.63) is 59.0 Å². The van der Waals surface area contributed by atoms with Crippen molar-refractivity contribution in [2.75, 3.05) is 18.6 Å². The van der Waals surface area contributed by atoms with Gasteiger partial charge in [0.25, 0.3) is 11.5 Å². The van der Waals surface area contributed by atoms with Gasteiger partial charge in [0.05, 0.1) is 5.69 Å². The van der Waals surface area contributed by atoms with E-state index < -0.39 is 0 Å². The van der Waals surface area contributed by atoms with Crippen LogP contribution >= 0.6 is 0 Å². The maximum atomic E-state index is 12.3. The second-order valence-electron chi connectivity index (χ2n) is 5.93. The van der Waals surface area contributed by atoms with E-state index in [9.17, 15) is 9.59 Å². The number of rotatable bonds is 1. The number of carbonyl (C=O) groups is 1. The zero-order valence-electron chi connectivity index (χ0n) is 13.4. The highest BCUT2D eigenvalue weighted by Crippen LogP contribution is 2.36. The molecule has 0 saturated heterocycles. The molecule has 3 aromatic rings. The van der Waals surface area contributed by atoms with Crippen LogP contribution in [0.25, 0.3) is 21.9 Å². The van der Waals surface area contributed by atoms with Crippen LogP contribution in [-0.2, 0) is 11.8 Å². The fourth-order valence-corrected chi connectivity index (χ4v) is 3.09. The fraction of sp³-hybridized carbons (Fsp3) is 0.158. The molecule has 24 heavy (non-hydrogen) atoms. The number of hydrogen-bond acceptors (Lipinski definition) is 3. The maximum absolute atomic E-state index is 12.3. The van der Waals surface area contributed by atoms with E-state index in [1.807, 2.05) is 48.7 Å². The van der Waals surface area contributed by atoms with Crippen molar-refractivity contribution in [2.45, 2.75) is 0 Å². The summed E-state index contributed by atoms with van der Waals surface area (Å²) >= 11 is 0. The maximum Gasteiger partial charge on any atom is 0.264 e. The number of likely N-dealkylation sites (N-methyl/N-ethyl adjacent to an activating group) is 1. The highest BCUT2D eigenvalue weighted by molar-refractivity contribution is 6.00. The smallest absolute Gasteiger partial charge is 0.264 e. The Kier molecular flexibility index (Phi) is 3.16. The number of aromatic nitrogens is 1. The molecular weight excluding hydrogens is 304 g/mol. The summed E-state index contributed by atoms with van der Waals surface area (Å²) in [5.74, 6) is 0.611. The molecule has 0 atom stereocenters. The number of aryl methyl sites for hydroxylation is 1. The number of amides is 1. The number of ether oxygens (including phenoxy) is 1. The number of carbonyl (C=O) groups excluding carboxylic acids is 1. The number of anilines is 1. The van der Waals surface area contributed by atoms with Crippen LogP contribution in [0.2, 0.25) is 0 Å². The lowest BCUT2D eigenvalue weighted by Crippen LogP contribution is -2.35. The first-order chi connectivity index (χ1) is 11.6. The van der Waals surface area contributed by atoms with Gasteiger partial charge in [-0.3, -0.25) is 9.59 Å². The van der Waals surface area contributed by atoms with Crippen molar-refractivity contribution in [2.24, 2.45) is 7.05 Å². The van der Waals surface area contributed by atoms with Crippen LogP contribution in [0.1, 0.15) is 0 Å². The Labute approximate surface area is 138 Å². The minimum Gasteiger partial charge on any atom is -0.482 e. The Bertz CT molecular complexity index is 1040. The zero-order chi connectivity index (χ0) is 16.8. The minimum atomic E-state index is -0.0787. The van der Waals surface area contributed by atoms with Gasteiger partial charge in [0.15, 0.2) is 6.61 Å². The summed E-state index contributed by atoms with van der Waals surface area (Å²) in [6, 6.07) is 13.3. The van der Waals surface area contributed by atoms with Crippen molar-refractivity contribution in [1.82, 2.24) is 4.57 Å². The van der Waals surface area contributed by atoms with Crippen molar-refractivity contribution in [3.63, 3.8) is 0 Å². The first-order valence-electron chi connectivity index (χ1n) is 7.68. The minimum absolute atomic E-state index is 0.0251. The summed E-state index contributed by atoms with van der Waals surface area (Å²) in [4.78, 5) is 25.8. The Morgan fingerprint density at radius 3 is 2.54 bits per heavy atom. The number of nitrogens with zero attached hydrogens (tertiary/aromatic N) is 2. The van der Waals surface area contributed by atoms with Gasteiger partial charge in [-0.1, -0.05) is 24.3 Å². The molecule has 1 aromatic heterocycles. The lowest BCUT2D eigenvalue weighted by molar-refractivity contribution is -0.120. The van der Waals surface area contributed by atoms with E-state index in [0.29, 0.717) is 11.1 Å². The molecule has 2 aromatic carbocycles. The largest absolute Gasteiger partial charge is 0.482 e. The Morgan fingerprint density at radius 2 is 1.75 bits per heavy atom. The SMILES string of the molecule is CN1C(=O)COc2ccc(-c3cn(C)c(=O)c4ccccc34)cc21. The van der Waals surface area contributed by atoms with Crippen LogP contribution < -0.4 is 15.2 Å². The van der Waals surface area contributed by atoms with E-state index >= 15 is 0 Å². The summed E-state index contributed by atoms with van der Waals surface area (Å²) in [6.07, 6.45) is 1.83. The van der Waals surface area contributed by atoms with Crippen molar-refractivity contribution in [1.29, 1.82) is 0 Å². The van der Waals surface area contributed by atoms with E-state index in [1.165, 1.54) is 0 Å². The first-order valence-corrected chi connectivity index (χ1v) is 7.68. The molecular formula is C19H16N2O3. The molecule has 120 valence electrons. The summed E-state index contributed by atoms with van der Waals surface area (Å²) < 4.78 is 7.07. The molecule has 0 fully saturated rings. The average molecular weight is 320 g/mol. The van der Waals surface area contributed by atoms with Crippen LogP contribution in [0.3, 0.4) is 0 Å². The molecule has 0 saturated carbocycles. The van der Waals surface area contributed by atoms with Gasteiger partial charge in [-0.2, -0.15) is 0 Å². The van der Waals surface area contributed by atoms with Gasteiger partial charge in [-0.25, -0.2) is 0 Å². The first kappa shape index (κ1) is 14.5. The third kappa shape index (κ3) is 2.09. The van der Waals surface area contributed by atoms with E-state index in [-0.39, 0.29) is 18.1 Å². The van der Waals surface area contributed by atoms with Gasteiger partial charge in [0.2, 0.25) is 0 Å². The van der Waals surface area contributed by atoms with Gasteiger partial charge in [0, 0.05) is 31.2 Å². The molecule has 0 aliphatic carbocycles. The molecule has 0 unspecified atom stereocenters. The predicted molar refractivity (Wildman–Crippen MR) is 93.5 cm³/mol. The van der Waals surface area contributed by atoms with E-state index in [0.717, 1.165) is 22.2 Å². The highest BCUT2D eigenvalue weighted by Gasteiger charge is 2.23. The Balaban J connectivity index is 1.98. The molecule has 4 rings (SSSR count). The Morgan fingerprint density at radius 1 is 1.00 bits per heavy atom. The summed E-state index contributed by atoms with van der Waals surface area (Å²) in [5, 5.41) is 1.57. The van der Waals surface area contributed by atoms with Crippen molar-refractivity contribution >= 4 is 22.4 Å². The molecule has 0 radical (unpaired) electrons. The molecule has 1 amide bonds. The second-order valence-corrected chi connectivity index (χ2v) is 5.93. The van der Waals surface area contributed by atoms with Crippen molar-refractivity contribution < 1.29 is 9.53 Å². The van der Waals surface area contributed by atoms with Gasteiger partial charge in [0.1, 0.15) is 5.75 Å². The van der Waals surface area contributed by atoms with Gasteiger partial charge >= 0.3 is 0 Å². The fourth-order valence-electron chi connectivity index (χ4n) is 3.09. The third-order valence-corrected chi connectivity index (χ3v) is 4.45. The standard InChI is InChI=1S/C19H16N2O3/c1-20-10-15(13-5-3-4-6-14(13)19(20)23)12-7-8-17-16(9-12)21(2)18(22)11-24-17/h3-10H,11H2,1-2H3. The molecule has 0 N–H and O–H groups in total. The third-order valence-electron chi connectivity index (χ3n) is 4.45.